The number of hydrogen-bond acceptors (Lipinski definition) is 4. The Kier molecular flexibility index (Phi) is 5.48. The van der Waals surface area contributed by atoms with Crippen LogP contribution in [0.2, 0.25) is 0 Å². The van der Waals surface area contributed by atoms with Crippen molar-refractivity contribution in [2.45, 2.75) is 20.0 Å². The summed E-state index contributed by atoms with van der Waals surface area (Å²) >= 11 is 5.28. The van der Waals surface area contributed by atoms with Crippen LogP contribution in [0.4, 0.5) is 0 Å². The van der Waals surface area contributed by atoms with Crippen molar-refractivity contribution in [3.05, 3.63) is 64.4 Å². The molecule has 0 unspecified atom stereocenters. The van der Waals surface area contributed by atoms with Crippen molar-refractivity contribution in [3.8, 4) is 17.1 Å². The zero-order valence-corrected chi connectivity index (χ0v) is 15.5. The van der Waals surface area contributed by atoms with Crippen LogP contribution in [0.5, 0.6) is 5.75 Å². The number of aromatic nitrogens is 3. The molecule has 0 aliphatic rings. The summed E-state index contributed by atoms with van der Waals surface area (Å²) in [5.41, 5.74) is 3.09. The van der Waals surface area contributed by atoms with Crippen molar-refractivity contribution in [2.24, 2.45) is 0 Å². The molecular weight excluding hydrogens is 348 g/mol. The Morgan fingerprint density at radius 3 is 2.65 bits per heavy atom. The number of amides is 1. The van der Waals surface area contributed by atoms with Gasteiger partial charge in [0.2, 0.25) is 5.91 Å². The van der Waals surface area contributed by atoms with Gasteiger partial charge in [-0.1, -0.05) is 24.3 Å². The van der Waals surface area contributed by atoms with Gasteiger partial charge >= 0.3 is 0 Å². The fraction of sp³-hybridized carbons (Fsp3) is 0.211. The van der Waals surface area contributed by atoms with E-state index in [0.717, 1.165) is 22.4 Å². The van der Waals surface area contributed by atoms with Crippen molar-refractivity contribution in [1.29, 1.82) is 0 Å². The average Bonchev–Trinajstić information content (AvgIpc) is 3.01. The lowest BCUT2D eigenvalue weighted by Gasteiger charge is -2.10. The van der Waals surface area contributed by atoms with E-state index < -0.39 is 0 Å². The molecule has 26 heavy (non-hydrogen) atoms. The number of carbonyl (C=O) groups is 1. The molecule has 0 saturated heterocycles. The van der Waals surface area contributed by atoms with Crippen LogP contribution >= 0.6 is 12.2 Å². The van der Waals surface area contributed by atoms with Gasteiger partial charge in [-0.15, -0.1) is 0 Å². The fourth-order valence-corrected chi connectivity index (χ4v) is 2.82. The number of benzene rings is 2. The van der Waals surface area contributed by atoms with E-state index in [-0.39, 0.29) is 12.5 Å². The van der Waals surface area contributed by atoms with Gasteiger partial charge in [0.25, 0.3) is 0 Å². The molecule has 0 aliphatic carbocycles. The van der Waals surface area contributed by atoms with Crippen LogP contribution in [0.15, 0.2) is 48.5 Å². The molecule has 0 aliphatic heterocycles. The molecule has 0 radical (unpaired) electrons. The van der Waals surface area contributed by atoms with Gasteiger partial charge in [-0.3, -0.25) is 14.5 Å². The Balaban J connectivity index is 1.73. The van der Waals surface area contributed by atoms with Crippen LogP contribution in [0.1, 0.15) is 11.1 Å². The minimum Gasteiger partial charge on any atom is -0.497 e. The predicted molar refractivity (Wildman–Crippen MR) is 102 cm³/mol. The van der Waals surface area contributed by atoms with E-state index in [1.54, 1.807) is 11.7 Å². The smallest absolute Gasteiger partial charge is 0.240 e. The molecule has 0 bridgehead atoms. The highest BCUT2D eigenvalue weighted by Crippen LogP contribution is 2.20. The van der Waals surface area contributed by atoms with Gasteiger partial charge in [-0.25, -0.2) is 0 Å². The quantitative estimate of drug-likeness (QED) is 0.655. The third-order valence-corrected chi connectivity index (χ3v) is 4.46. The molecule has 0 saturated carbocycles. The monoisotopic (exact) mass is 368 g/mol. The average molecular weight is 368 g/mol. The van der Waals surface area contributed by atoms with Crippen molar-refractivity contribution >= 4 is 18.1 Å². The SMILES string of the molecule is COc1ccc(-c2n[nH]c(=S)n2CC(=O)NCc2ccccc2C)cc1. The first-order valence-electron chi connectivity index (χ1n) is 8.19. The number of H-pyrrole nitrogens is 1. The lowest BCUT2D eigenvalue weighted by atomic mass is 10.1. The number of methoxy groups -OCH3 is 1. The molecular formula is C19H20N4O2S. The Bertz CT molecular complexity index is 960. The second-order valence-electron chi connectivity index (χ2n) is 5.87. The highest BCUT2D eigenvalue weighted by molar-refractivity contribution is 7.71. The topological polar surface area (TPSA) is 71.9 Å². The van der Waals surface area contributed by atoms with Crippen molar-refractivity contribution in [1.82, 2.24) is 20.1 Å². The molecule has 0 fully saturated rings. The molecule has 0 atom stereocenters. The molecule has 3 rings (SSSR count). The molecule has 1 aromatic heterocycles. The van der Waals surface area contributed by atoms with E-state index >= 15 is 0 Å². The Morgan fingerprint density at radius 2 is 1.96 bits per heavy atom. The number of nitrogens with zero attached hydrogens (tertiary/aromatic N) is 2. The Labute approximate surface area is 156 Å². The Morgan fingerprint density at radius 1 is 1.23 bits per heavy atom. The molecule has 2 N–H and O–H groups in total. The summed E-state index contributed by atoms with van der Waals surface area (Å²) in [6.45, 7) is 2.60. The van der Waals surface area contributed by atoms with Crippen molar-refractivity contribution in [3.63, 3.8) is 0 Å². The van der Waals surface area contributed by atoms with Gasteiger partial charge in [-0.2, -0.15) is 5.10 Å². The van der Waals surface area contributed by atoms with Gasteiger partial charge in [0, 0.05) is 12.1 Å². The third kappa shape index (κ3) is 4.00. The molecule has 2 aromatic carbocycles. The number of aryl methyl sites for hydroxylation is 1. The van der Waals surface area contributed by atoms with Crippen molar-refractivity contribution in [2.75, 3.05) is 7.11 Å². The summed E-state index contributed by atoms with van der Waals surface area (Å²) in [6, 6.07) is 15.4. The van der Waals surface area contributed by atoms with Crippen molar-refractivity contribution < 1.29 is 9.53 Å². The second-order valence-corrected chi connectivity index (χ2v) is 6.26. The number of ether oxygens (including phenoxy) is 1. The first-order chi connectivity index (χ1) is 12.6. The zero-order chi connectivity index (χ0) is 18.5. The van der Waals surface area contributed by atoms with E-state index in [2.05, 4.69) is 15.5 Å². The van der Waals surface area contributed by atoms with E-state index in [0.29, 0.717) is 17.1 Å². The summed E-state index contributed by atoms with van der Waals surface area (Å²) in [5, 5.41) is 9.94. The van der Waals surface area contributed by atoms with E-state index in [9.17, 15) is 4.79 Å². The third-order valence-electron chi connectivity index (χ3n) is 4.15. The summed E-state index contributed by atoms with van der Waals surface area (Å²) in [6.07, 6.45) is 0. The van der Waals surface area contributed by atoms with Crippen LogP contribution < -0.4 is 10.1 Å². The summed E-state index contributed by atoms with van der Waals surface area (Å²) in [7, 11) is 1.61. The first-order valence-corrected chi connectivity index (χ1v) is 8.60. The summed E-state index contributed by atoms with van der Waals surface area (Å²) < 4.78 is 7.26. The zero-order valence-electron chi connectivity index (χ0n) is 14.7. The van der Waals surface area contributed by atoms with Gasteiger partial charge in [0.05, 0.1) is 7.11 Å². The van der Waals surface area contributed by atoms with E-state index in [1.807, 2.05) is 55.5 Å². The van der Waals surface area contributed by atoms with Gasteiger partial charge in [-0.05, 0) is 54.5 Å². The fourth-order valence-electron chi connectivity index (χ4n) is 2.63. The molecule has 134 valence electrons. The Hall–Kier alpha value is -2.93. The van der Waals surface area contributed by atoms with Crippen LogP contribution in [-0.4, -0.2) is 27.8 Å². The van der Waals surface area contributed by atoms with Gasteiger partial charge in [0.1, 0.15) is 12.3 Å². The highest BCUT2D eigenvalue weighted by atomic mass is 32.1. The van der Waals surface area contributed by atoms with Crippen LogP contribution in [0.3, 0.4) is 0 Å². The maximum absolute atomic E-state index is 12.4. The number of hydrogen-bond donors (Lipinski definition) is 2. The minimum atomic E-state index is -0.125. The largest absolute Gasteiger partial charge is 0.497 e. The second kappa shape index (κ2) is 7.97. The molecule has 3 aromatic rings. The maximum Gasteiger partial charge on any atom is 0.240 e. The van der Waals surface area contributed by atoms with E-state index in [1.165, 1.54) is 0 Å². The number of carbonyl (C=O) groups excluding carboxylic acids is 1. The standard InChI is InChI=1S/C19H20N4O2S/c1-13-5-3-4-6-15(13)11-20-17(24)12-23-18(21-22-19(23)26)14-7-9-16(25-2)10-8-14/h3-10H,11-12H2,1-2H3,(H,20,24)(H,22,26). The molecule has 7 heteroatoms. The predicted octanol–water partition coefficient (Wildman–Crippen LogP) is 3.24. The molecule has 0 spiro atoms. The number of nitrogens with one attached hydrogen (secondary N) is 2. The lowest BCUT2D eigenvalue weighted by Crippen LogP contribution is -2.27. The maximum atomic E-state index is 12.4. The molecule has 1 amide bonds. The van der Waals surface area contributed by atoms with Crippen LogP contribution in [0.25, 0.3) is 11.4 Å². The molecule has 6 nitrogen and oxygen atoms in total. The summed E-state index contributed by atoms with van der Waals surface area (Å²) in [5.74, 6) is 1.25. The normalized spacial score (nSPS) is 10.5. The minimum absolute atomic E-state index is 0.0998. The van der Waals surface area contributed by atoms with Gasteiger partial charge in [0.15, 0.2) is 10.6 Å². The number of aromatic amines is 1. The van der Waals surface area contributed by atoms with Crippen LogP contribution in [-0.2, 0) is 17.9 Å². The summed E-state index contributed by atoms with van der Waals surface area (Å²) in [4.78, 5) is 12.4. The van der Waals surface area contributed by atoms with E-state index in [4.69, 9.17) is 17.0 Å². The van der Waals surface area contributed by atoms with Gasteiger partial charge < -0.3 is 10.1 Å². The first kappa shape index (κ1) is 17.9. The van der Waals surface area contributed by atoms with Crippen LogP contribution in [0, 0.1) is 11.7 Å². The highest BCUT2D eigenvalue weighted by Gasteiger charge is 2.12. The number of rotatable bonds is 6. The molecule has 1 heterocycles. The lowest BCUT2D eigenvalue weighted by molar-refractivity contribution is -0.121.